The summed E-state index contributed by atoms with van der Waals surface area (Å²) in [5.74, 6) is -0.185. The van der Waals surface area contributed by atoms with Gasteiger partial charge in [0.25, 0.3) is 11.5 Å². The van der Waals surface area contributed by atoms with Gasteiger partial charge in [0.05, 0.1) is 6.10 Å². The lowest BCUT2D eigenvalue weighted by atomic mass is 10.0. The molecule has 2 heterocycles. The Hall–Kier alpha value is -2.40. The summed E-state index contributed by atoms with van der Waals surface area (Å²) in [6.45, 7) is 2.81. The van der Waals surface area contributed by atoms with Gasteiger partial charge in [0.2, 0.25) is 0 Å². The van der Waals surface area contributed by atoms with Gasteiger partial charge in [-0.3, -0.25) is 9.59 Å². The van der Waals surface area contributed by atoms with E-state index in [9.17, 15) is 14.7 Å². The zero-order valence-electron chi connectivity index (χ0n) is 13.0. The smallest absolute Gasteiger partial charge is 0.261 e. The first-order chi connectivity index (χ1) is 11.1. The highest BCUT2D eigenvalue weighted by Gasteiger charge is 2.30. The summed E-state index contributed by atoms with van der Waals surface area (Å²) >= 11 is 0. The van der Waals surface area contributed by atoms with Crippen LogP contribution in [0.2, 0.25) is 0 Å². The number of likely N-dealkylation sites (tertiary alicyclic amines) is 1. The molecule has 1 aliphatic rings. The molecule has 1 saturated heterocycles. The van der Waals surface area contributed by atoms with Crippen molar-refractivity contribution in [3.8, 4) is 11.3 Å². The zero-order valence-corrected chi connectivity index (χ0v) is 13.0. The number of carbonyl (C=O) groups is 1. The van der Waals surface area contributed by atoms with Crippen molar-refractivity contribution in [1.29, 1.82) is 0 Å². The number of nitrogens with one attached hydrogen (secondary N) is 1. The molecule has 0 bridgehead atoms. The first-order valence-corrected chi connectivity index (χ1v) is 7.82. The maximum atomic E-state index is 12.5. The van der Waals surface area contributed by atoms with Gasteiger partial charge in [-0.2, -0.15) is 0 Å². The maximum Gasteiger partial charge on any atom is 0.261 e. The summed E-state index contributed by atoms with van der Waals surface area (Å²) in [4.78, 5) is 29.2. The lowest BCUT2D eigenvalue weighted by molar-refractivity contribution is 0.0761. The number of aliphatic hydroxyl groups excluding tert-OH is 1. The number of aromatic nitrogens is 1. The Bertz CT molecular complexity index is 752. The van der Waals surface area contributed by atoms with Crippen molar-refractivity contribution in [2.45, 2.75) is 19.4 Å². The van der Waals surface area contributed by atoms with Gasteiger partial charge in [-0.15, -0.1) is 0 Å². The molecule has 2 N–H and O–H groups in total. The predicted octanol–water partition coefficient (Wildman–Crippen LogP) is 1.88. The highest BCUT2D eigenvalue weighted by molar-refractivity contribution is 5.94. The van der Waals surface area contributed by atoms with Crippen molar-refractivity contribution in [2.24, 2.45) is 5.92 Å². The number of aliphatic hydroxyl groups is 1. The van der Waals surface area contributed by atoms with Crippen LogP contribution in [-0.4, -0.2) is 40.1 Å². The molecule has 0 radical (unpaired) electrons. The lowest BCUT2D eigenvalue weighted by Gasteiger charge is -2.17. The van der Waals surface area contributed by atoms with Crippen LogP contribution in [0.1, 0.15) is 23.7 Å². The summed E-state index contributed by atoms with van der Waals surface area (Å²) in [5, 5.41) is 9.63. The molecule has 5 heteroatoms. The molecule has 3 rings (SSSR count). The van der Waals surface area contributed by atoms with Crippen LogP contribution in [-0.2, 0) is 0 Å². The molecule has 120 valence electrons. The molecule has 1 fully saturated rings. The Morgan fingerprint density at radius 3 is 2.61 bits per heavy atom. The van der Waals surface area contributed by atoms with Crippen LogP contribution in [0.5, 0.6) is 0 Å². The highest BCUT2D eigenvalue weighted by atomic mass is 16.3. The third-order valence-electron chi connectivity index (χ3n) is 4.42. The summed E-state index contributed by atoms with van der Waals surface area (Å²) in [7, 11) is 0. The number of benzene rings is 1. The number of carbonyl (C=O) groups excluding carboxylic acids is 1. The van der Waals surface area contributed by atoms with Gasteiger partial charge < -0.3 is 15.0 Å². The van der Waals surface area contributed by atoms with Crippen molar-refractivity contribution in [3.05, 3.63) is 58.4 Å². The van der Waals surface area contributed by atoms with Crippen molar-refractivity contribution in [2.75, 3.05) is 13.1 Å². The van der Waals surface area contributed by atoms with Crippen molar-refractivity contribution in [3.63, 3.8) is 0 Å². The van der Waals surface area contributed by atoms with Gasteiger partial charge in [0.15, 0.2) is 0 Å². The molecule has 23 heavy (non-hydrogen) atoms. The monoisotopic (exact) mass is 312 g/mol. The average molecular weight is 312 g/mol. The molecule has 1 aromatic carbocycles. The van der Waals surface area contributed by atoms with Crippen LogP contribution in [0.3, 0.4) is 0 Å². The van der Waals surface area contributed by atoms with E-state index in [4.69, 9.17) is 0 Å². The van der Waals surface area contributed by atoms with Crippen LogP contribution in [0.4, 0.5) is 0 Å². The van der Waals surface area contributed by atoms with Gasteiger partial charge in [0, 0.05) is 24.7 Å². The molecule has 5 nitrogen and oxygen atoms in total. The van der Waals surface area contributed by atoms with Gasteiger partial charge >= 0.3 is 0 Å². The number of nitrogens with zero attached hydrogens (tertiary/aromatic N) is 1. The first kappa shape index (κ1) is 15.5. The Morgan fingerprint density at radius 2 is 2.00 bits per heavy atom. The van der Waals surface area contributed by atoms with E-state index in [0.717, 1.165) is 12.0 Å². The van der Waals surface area contributed by atoms with E-state index in [-0.39, 0.29) is 22.9 Å². The molecule has 1 aromatic heterocycles. The lowest BCUT2D eigenvalue weighted by Crippen LogP contribution is -2.34. The number of aromatic amines is 1. The van der Waals surface area contributed by atoms with Gasteiger partial charge in [-0.1, -0.05) is 30.3 Å². The normalized spacial score (nSPS) is 18.9. The second-order valence-corrected chi connectivity index (χ2v) is 6.02. The average Bonchev–Trinajstić information content (AvgIpc) is 3.05. The molecule has 2 atom stereocenters. The van der Waals surface area contributed by atoms with Crippen molar-refractivity contribution < 1.29 is 9.90 Å². The van der Waals surface area contributed by atoms with Gasteiger partial charge in [-0.25, -0.2) is 0 Å². The first-order valence-electron chi connectivity index (χ1n) is 7.82. The number of hydrogen-bond donors (Lipinski definition) is 2. The van der Waals surface area contributed by atoms with Crippen LogP contribution >= 0.6 is 0 Å². The summed E-state index contributed by atoms with van der Waals surface area (Å²) in [6.07, 6.45) is 0.329. The minimum atomic E-state index is -0.438. The number of H-pyrrole nitrogens is 1. The molecular weight excluding hydrogens is 292 g/mol. The Kier molecular flexibility index (Phi) is 4.30. The molecule has 0 spiro atoms. The van der Waals surface area contributed by atoms with Crippen molar-refractivity contribution >= 4 is 5.91 Å². The molecular formula is C18H20N2O3. The predicted molar refractivity (Wildman–Crippen MR) is 88.2 cm³/mol. The fourth-order valence-corrected chi connectivity index (χ4v) is 2.96. The summed E-state index contributed by atoms with van der Waals surface area (Å²) < 4.78 is 0. The minimum Gasteiger partial charge on any atom is -0.393 e. The van der Waals surface area contributed by atoms with Gasteiger partial charge in [-0.05, 0) is 31.0 Å². The second-order valence-electron chi connectivity index (χ2n) is 6.02. The zero-order chi connectivity index (χ0) is 16.4. The summed E-state index contributed by atoms with van der Waals surface area (Å²) in [6, 6.07) is 12.8. The van der Waals surface area contributed by atoms with E-state index in [1.165, 1.54) is 0 Å². The molecule has 1 amide bonds. The van der Waals surface area contributed by atoms with E-state index < -0.39 is 6.10 Å². The third kappa shape index (κ3) is 3.19. The summed E-state index contributed by atoms with van der Waals surface area (Å²) in [5.41, 5.74) is 1.36. The molecule has 0 saturated carbocycles. The molecule has 1 aliphatic heterocycles. The van der Waals surface area contributed by atoms with E-state index in [1.54, 1.807) is 24.0 Å². The Balaban J connectivity index is 1.82. The van der Waals surface area contributed by atoms with Crippen LogP contribution < -0.4 is 5.56 Å². The quantitative estimate of drug-likeness (QED) is 0.909. The van der Waals surface area contributed by atoms with E-state index in [0.29, 0.717) is 18.8 Å². The highest BCUT2D eigenvalue weighted by Crippen LogP contribution is 2.21. The standard InChI is InChI=1S/C18H20N2O3/c1-12(21)14-9-10-20(11-14)18(23)15-7-8-16(19-17(15)22)13-5-3-2-4-6-13/h2-8,12,14,21H,9-11H2,1H3,(H,19,22). The van der Waals surface area contributed by atoms with E-state index >= 15 is 0 Å². The number of pyridine rings is 1. The van der Waals surface area contributed by atoms with Crippen LogP contribution in [0.15, 0.2) is 47.3 Å². The minimum absolute atomic E-state index is 0.0848. The topological polar surface area (TPSA) is 73.4 Å². The number of rotatable bonds is 3. The number of amides is 1. The molecule has 2 unspecified atom stereocenters. The van der Waals surface area contributed by atoms with Crippen molar-refractivity contribution in [1.82, 2.24) is 9.88 Å². The second kappa shape index (κ2) is 6.38. The van der Waals surface area contributed by atoms with Crippen LogP contribution in [0, 0.1) is 5.92 Å². The number of hydrogen-bond acceptors (Lipinski definition) is 3. The molecule has 2 aromatic rings. The third-order valence-corrected chi connectivity index (χ3v) is 4.42. The van der Waals surface area contributed by atoms with E-state index in [1.807, 2.05) is 30.3 Å². The van der Waals surface area contributed by atoms with Crippen LogP contribution in [0.25, 0.3) is 11.3 Å². The fourth-order valence-electron chi connectivity index (χ4n) is 2.96. The Morgan fingerprint density at radius 1 is 1.26 bits per heavy atom. The largest absolute Gasteiger partial charge is 0.393 e. The SMILES string of the molecule is CC(O)C1CCN(C(=O)c2ccc(-c3ccccc3)[nH]c2=O)C1. The maximum absolute atomic E-state index is 12.5. The fraction of sp³-hybridized carbons (Fsp3) is 0.333. The molecule has 0 aliphatic carbocycles. The van der Waals surface area contributed by atoms with Gasteiger partial charge in [0.1, 0.15) is 5.56 Å². The Labute approximate surface area is 134 Å². The van der Waals surface area contributed by atoms with E-state index in [2.05, 4.69) is 4.98 Å².